The highest BCUT2D eigenvalue weighted by atomic mass is 16.5. The largest absolute Gasteiger partial charge is 0.493 e. The number of benzene rings is 1. The van der Waals surface area contributed by atoms with E-state index in [4.69, 9.17) is 14.2 Å². The van der Waals surface area contributed by atoms with Crippen LogP contribution in [0.4, 0.5) is 11.6 Å². The summed E-state index contributed by atoms with van der Waals surface area (Å²) in [5.74, 6) is 1.70. The van der Waals surface area contributed by atoms with Gasteiger partial charge < -0.3 is 24.4 Å². The van der Waals surface area contributed by atoms with Crippen molar-refractivity contribution in [1.82, 2.24) is 14.9 Å². The molecule has 0 atom stereocenters. The molecule has 0 aliphatic rings. The van der Waals surface area contributed by atoms with E-state index >= 15 is 0 Å². The van der Waals surface area contributed by atoms with Gasteiger partial charge in [-0.1, -0.05) is 13.3 Å². The maximum absolute atomic E-state index is 12.6. The van der Waals surface area contributed by atoms with E-state index in [-0.39, 0.29) is 5.91 Å². The summed E-state index contributed by atoms with van der Waals surface area (Å²) in [6, 6.07) is 5.19. The van der Waals surface area contributed by atoms with Crippen LogP contribution >= 0.6 is 0 Å². The second-order valence-corrected chi connectivity index (χ2v) is 6.34. The molecule has 8 heteroatoms. The van der Waals surface area contributed by atoms with Crippen LogP contribution < -0.4 is 19.5 Å². The fraction of sp³-hybridized carbons (Fsp3) is 0.450. The normalized spacial score (nSPS) is 10.4. The second kappa shape index (κ2) is 9.77. The Labute approximate surface area is 165 Å². The molecule has 0 saturated heterocycles. The van der Waals surface area contributed by atoms with Crippen molar-refractivity contribution < 1.29 is 19.0 Å². The molecule has 1 heterocycles. The number of unbranched alkanes of at least 4 members (excludes halogenated alkanes) is 1. The third-order valence-corrected chi connectivity index (χ3v) is 4.19. The smallest absolute Gasteiger partial charge is 0.272 e. The van der Waals surface area contributed by atoms with E-state index in [1.807, 2.05) is 6.92 Å². The molecule has 2 aromatic rings. The molecule has 0 saturated carbocycles. The number of aromatic nitrogens is 2. The van der Waals surface area contributed by atoms with Crippen molar-refractivity contribution in [3.05, 3.63) is 29.6 Å². The number of carbonyl (C=O) groups excluding carboxylic acids is 1. The van der Waals surface area contributed by atoms with Crippen LogP contribution in [0.15, 0.2) is 18.2 Å². The van der Waals surface area contributed by atoms with E-state index in [0.717, 1.165) is 12.8 Å². The van der Waals surface area contributed by atoms with Gasteiger partial charge in [0, 0.05) is 37.1 Å². The molecule has 1 amide bonds. The molecule has 1 aromatic carbocycles. The van der Waals surface area contributed by atoms with E-state index in [0.29, 0.717) is 46.8 Å². The predicted octanol–water partition coefficient (Wildman–Crippen LogP) is 3.43. The summed E-state index contributed by atoms with van der Waals surface area (Å²) in [5.41, 5.74) is 1.69. The molecule has 0 unspecified atom stereocenters. The number of carbonyl (C=O) groups is 1. The summed E-state index contributed by atoms with van der Waals surface area (Å²) >= 11 is 0. The molecule has 0 radical (unpaired) electrons. The van der Waals surface area contributed by atoms with Crippen LogP contribution in [0.5, 0.6) is 17.2 Å². The highest BCUT2D eigenvalue weighted by molar-refractivity contribution is 5.92. The fourth-order valence-corrected chi connectivity index (χ4v) is 2.71. The average molecular weight is 388 g/mol. The van der Waals surface area contributed by atoms with Crippen LogP contribution in [-0.4, -0.2) is 55.7 Å². The minimum absolute atomic E-state index is 0.133. The summed E-state index contributed by atoms with van der Waals surface area (Å²) in [5, 5.41) is 3.11. The van der Waals surface area contributed by atoms with Gasteiger partial charge in [0.2, 0.25) is 11.7 Å². The quantitative estimate of drug-likeness (QED) is 0.704. The number of rotatable bonds is 9. The van der Waals surface area contributed by atoms with Crippen molar-refractivity contribution in [2.24, 2.45) is 0 Å². The minimum atomic E-state index is -0.133. The molecule has 1 N–H and O–H groups in total. The SMILES string of the molecule is CCCCN(C)C(=O)c1cc(C)nc(Nc2cc(OC)c(OC)c(OC)c2)n1. The number of anilines is 2. The molecule has 152 valence electrons. The lowest BCUT2D eigenvalue weighted by Gasteiger charge is -2.17. The van der Waals surface area contributed by atoms with Crippen molar-refractivity contribution in [1.29, 1.82) is 0 Å². The Balaban J connectivity index is 2.32. The lowest BCUT2D eigenvalue weighted by atomic mass is 10.2. The van der Waals surface area contributed by atoms with E-state index in [1.54, 1.807) is 51.5 Å². The number of hydrogen-bond donors (Lipinski definition) is 1. The summed E-state index contributed by atoms with van der Waals surface area (Å²) in [6.45, 7) is 4.60. The zero-order chi connectivity index (χ0) is 20.7. The number of nitrogens with one attached hydrogen (secondary N) is 1. The van der Waals surface area contributed by atoms with Crippen molar-refractivity contribution in [2.75, 3.05) is 40.2 Å². The molecule has 1 aromatic heterocycles. The van der Waals surface area contributed by atoms with Crippen LogP contribution in [0.2, 0.25) is 0 Å². The third-order valence-electron chi connectivity index (χ3n) is 4.19. The zero-order valence-corrected chi connectivity index (χ0v) is 17.3. The van der Waals surface area contributed by atoms with Crippen LogP contribution in [0.3, 0.4) is 0 Å². The summed E-state index contributed by atoms with van der Waals surface area (Å²) in [6.07, 6.45) is 1.97. The van der Waals surface area contributed by atoms with Crippen molar-refractivity contribution in [3.63, 3.8) is 0 Å². The van der Waals surface area contributed by atoms with Crippen LogP contribution in [0.25, 0.3) is 0 Å². The Hall–Kier alpha value is -3.03. The molecule has 0 fully saturated rings. The first kappa shape index (κ1) is 21.3. The van der Waals surface area contributed by atoms with Gasteiger partial charge in [-0.2, -0.15) is 0 Å². The molecule has 0 bridgehead atoms. The Morgan fingerprint density at radius 1 is 1.07 bits per heavy atom. The van der Waals surface area contributed by atoms with Gasteiger partial charge in [0.15, 0.2) is 11.5 Å². The van der Waals surface area contributed by atoms with Crippen molar-refractivity contribution in [3.8, 4) is 17.2 Å². The molecule has 28 heavy (non-hydrogen) atoms. The lowest BCUT2D eigenvalue weighted by molar-refractivity contribution is 0.0787. The average Bonchev–Trinajstić information content (AvgIpc) is 2.69. The Kier molecular flexibility index (Phi) is 7.43. The third kappa shape index (κ3) is 5.03. The number of nitrogens with zero attached hydrogens (tertiary/aromatic N) is 3. The molecule has 8 nitrogen and oxygen atoms in total. The maximum Gasteiger partial charge on any atom is 0.272 e. The number of ether oxygens (including phenoxy) is 3. The zero-order valence-electron chi connectivity index (χ0n) is 17.3. The van der Waals surface area contributed by atoms with Gasteiger partial charge >= 0.3 is 0 Å². The first-order valence-electron chi connectivity index (χ1n) is 9.11. The van der Waals surface area contributed by atoms with Crippen molar-refractivity contribution >= 4 is 17.5 Å². The molecule has 2 rings (SSSR count). The van der Waals surface area contributed by atoms with Crippen LogP contribution in [0, 0.1) is 6.92 Å². The minimum Gasteiger partial charge on any atom is -0.493 e. The van der Waals surface area contributed by atoms with Gasteiger partial charge in [-0.05, 0) is 19.4 Å². The van der Waals surface area contributed by atoms with Gasteiger partial charge in [-0.15, -0.1) is 0 Å². The Morgan fingerprint density at radius 2 is 1.71 bits per heavy atom. The number of aryl methyl sites for hydroxylation is 1. The summed E-state index contributed by atoms with van der Waals surface area (Å²) in [7, 11) is 6.42. The summed E-state index contributed by atoms with van der Waals surface area (Å²) < 4.78 is 16.1. The van der Waals surface area contributed by atoms with E-state index < -0.39 is 0 Å². The standard InChI is InChI=1S/C20H28N4O4/c1-7-8-9-24(3)19(25)15-10-13(2)21-20(23-15)22-14-11-16(26-4)18(28-6)17(12-14)27-5/h10-12H,7-9H2,1-6H3,(H,21,22,23). The van der Waals surface area contributed by atoms with Gasteiger partial charge in [0.25, 0.3) is 5.91 Å². The Morgan fingerprint density at radius 3 is 2.25 bits per heavy atom. The lowest BCUT2D eigenvalue weighted by Crippen LogP contribution is -2.28. The maximum atomic E-state index is 12.6. The van der Waals surface area contributed by atoms with Crippen molar-refractivity contribution in [2.45, 2.75) is 26.7 Å². The van der Waals surface area contributed by atoms with E-state index in [2.05, 4.69) is 22.2 Å². The highest BCUT2D eigenvalue weighted by Gasteiger charge is 2.17. The number of methoxy groups -OCH3 is 3. The molecule has 0 spiro atoms. The highest BCUT2D eigenvalue weighted by Crippen LogP contribution is 2.40. The fourth-order valence-electron chi connectivity index (χ4n) is 2.71. The second-order valence-electron chi connectivity index (χ2n) is 6.34. The Bertz CT molecular complexity index is 801. The number of hydrogen-bond acceptors (Lipinski definition) is 7. The molecule has 0 aliphatic carbocycles. The first-order valence-corrected chi connectivity index (χ1v) is 9.11. The van der Waals surface area contributed by atoms with Gasteiger partial charge in [0.05, 0.1) is 21.3 Å². The molecular formula is C20H28N4O4. The number of amides is 1. The summed E-state index contributed by atoms with van der Waals surface area (Å²) in [4.78, 5) is 23.1. The van der Waals surface area contributed by atoms with Gasteiger partial charge in [-0.3, -0.25) is 4.79 Å². The predicted molar refractivity (Wildman–Crippen MR) is 108 cm³/mol. The first-order chi connectivity index (χ1) is 13.4. The molecule has 0 aliphatic heterocycles. The van der Waals surface area contributed by atoms with Gasteiger partial charge in [-0.25, -0.2) is 9.97 Å². The van der Waals surface area contributed by atoms with Gasteiger partial charge in [0.1, 0.15) is 5.69 Å². The monoisotopic (exact) mass is 388 g/mol. The van der Waals surface area contributed by atoms with E-state index in [1.165, 1.54) is 0 Å². The van der Waals surface area contributed by atoms with E-state index in [9.17, 15) is 4.79 Å². The molecular weight excluding hydrogens is 360 g/mol. The van der Waals surface area contributed by atoms with Crippen LogP contribution in [-0.2, 0) is 0 Å². The van der Waals surface area contributed by atoms with Crippen LogP contribution in [0.1, 0.15) is 35.9 Å². The topological polar surface area (TPSA) is 85.8 Å².